The predicted octanol–water partition coefficient (Wildman–Crippen LogP) is 11.4. The summed E-state index contributed by atoms with van der Waals surface area (Å²) in [6.07, 6.45) is 8.64. The van der Waals surface area contributed by atoms with Crippen LogP contribution in [-0.4, -0.2) is 49.8 Å². The van der Waals surface area contributed by atoms with Gasteiger partial charge in [0.25, 0.3) is 0 Å². The van der Waals surface area contributed by atoms with Crippen molar-refractivity contribution in [1.29, 1.82) is 0 Å². The molecule has 2 aromatic rings. The molecule has 10 heteroatoms. The summed E-state index contributed by atoms with van der Waals surface area (Å²) < 4.78 is 103. The molecule has 0 amide bonds. The van der Waals surface area contributed by atoms with Gasteiger partial charge in [0.05, 0.1) is 6.61 Å². The third-order valence-electron chi connectivity index (χ3n) is 7.15. The molecule has 0 aromatic heterocycles. The Bertz CT molecular complexity index is 1620. The van der Waals surface area contributed by atoms with Gasteiger partial charge in [-0.1, -0.05) is 93.7 Å². The van der Waals surface area contributed by atoms with Crippen molar-refractivity contribution in [2.45, 2.75) is 50.9 Å². The predicted molar refractivity (Wildman–Crippen MR) is 182 cm³/mol. The van der Waals surface area contributed by atoms with E-state index >= 15 is 26.3 Å². The Morgan fingerprint density at radius 1 is 1.00 bits per heavy atom. The van der Waals surface area contributed by atoms with Crippen molar-refractivity contribution in [2.75, 3.05) is 26.6 Å². The van der Waals surface area contributed by atoms with E-state index in [4.69, 9.17) is 9.47 Å². The van der Waals surface area contributed by atoms with Gasteiger partial charge >= 0.3 is 17.8 Å². The van der Waals surface area contributed by atoms with Crippen molar-refractivity contribution >= 4 is 39.2 Å². The molecule has 4 rings (SSSR count). The van der Waals surface area contributed by atoms with Crippen LogP contribution in [0.2, 0.25) is 0 Å². The summed E-state index contributed by atoms with van der Waals surface area (Å²) in [5, 5.41) is 1.80. The normalized spacial score (nSPS) is 20.8. The molecule has 1 unspecified atom stereocenters. The standard InChI is InChI=1S/C34H32F6O2S2.C2H6/c1-6-22(13-10-16-41-4)27(43-7-2)17-21(3)30-31(33(37,38)34(39,40)32(30,35)36)26-19-28(44-29(20-26)42-5)25-15-14-23-11-8-9-12-24(23)18-25;1-2/h6,8-15,17-20,29H,3,7,16H2,1-2,4-5H3;1-2H3/b13-10-,22-6+,27-17-;. The van der Waals surface area contributed by atoms with Crippen molar-refractivity contribution < 1.29 is 35.8 Å². The lowest BCUT2D eigenvalue weighted by molar-refractivity contribution is -0.263. The molecule has 0 fully saturated rings. The van der Waals surface area contributed by atoms with Crippen LogP contribution in [0, 0.1) is 0 Å². The van der Waals surface area contributed by atoms with Gasteiger partial charge in [0, 0.05) is 35.2 Å². The van der Waals surface area contributed by atoms with Crippen LogP contribution in [-0.2, 0) is 9.47 Å². The fourth-order valence-corrected chi connectivity index (χ4v) is 6.90. The Morgan fingerprint density at radius 2 is 1.67 bits per heavy atom. The molecule has 2 aromatic carbocycles. The highest BCUT2D eigenvalue weighted by Gasteiger charge is 2.80. The summed E-state index contributed by atoms with van der Waals surface area (Å²) >= 11 is 2.40. The zero-order valence-corrected chi connectivity index (χ0v) is 28.2. The molecule has 1 aliphatic heterocycles. The molecule has 46 heavy (non-hydrogen) atoms. The Labute approximate surface area is 275 Å². The first kappa shape index (κ1) is 37.5. The Kier molecular flexibility index (Phi) is 12.9. The van der Waals surface area contributed by atoms with Gasteiger partial charge in [0.1, 0.15) is 5.44 Å². The van der Waals surface area contributed by atoms with Gasteiger partial charge in [-0.25, -0.2) is 0 Å². The van der Waals surface area contributed by atoms with Gasteiger partial charge in [0.2, 0.25) is 0 Å². The highest BCUT2D eigenvalue weighted by Crippen LogP contribution is 2.63. The maximum atomic E-state index is 15.7. The Morgan fingerprint density at radius 3 is 2.28 bits per heavy atom. The van der Waals surface area contributed by atoms with E-state index in [1.807, 2.05) is 57.2 Å². The van der Waals surface area contributed by atoms with Crippen LogP contribution in [0.5, 0.6) is 0 Å². The number of halogens is 6. The molecule has 0 saturated heterocycles. The van der Waals surface area contributed by atoms with Gasteiger partial charge in [0.15, 0.2) is 0 Å². The molecular weight excluding hydrogens is 643 g/mol. The van der Waals surface area contributed by atoms with E-state index in [0.29, 0.717) is 26.7 Å². The lowest BCUT2D eigenvalue weighted by Gasteiger charge is -2.27. The Balaban J connectivity index is 0.00000282. The molecule has 0 saturated carbocycles. The lowest BCUT2D eigenvalue weighted by Crippen LogP contribution is -2.49. The fraction of sp³-hybridized carbons (Fsp3) is 0.333. The van der Waals surface area contributed by atoms with Crippen molar-refractivity contribution in [3.05, 3.63) is 124 Å². The fourth-order valence-electron chi connectivity index (χ4n) is 4.99. The second kappa shape index (κ2) is 15.8. The number of hydrogen-bond donors (Lipinski definition) is 0. The quantitative estimate of drug-likeness (QED) is 0.174. The van der Waals surface area contributed by atoms with Crippen molar-refractivity contribution in [1.82, 2.24) is 0 Å². The summed E-state index contributed by atoms with van der Waals surface area (Å²) in [5.74, 6) is -15.6. The third kappa shape index (κ3) is 7.30. The second-order valence-corrected chi connectivity index (χ2v) is 12.4. The van der Waals surface area contributed by atoms with E-state index in [0.717, 1.165) is 22.5 Å². The number of alkyl halides is 6. The number of rotatable bonds is 11. The van der Waals surface area contributed by atoms with Crippen LogP contribution in [0.1, 0.15) is 33.3 Å². The second-order valence-electron chi connectivity index (χ2n) is 9.96. The summed E-state index contributed by atoms with van der Waals surface area (Å²) in [6.45, 7) is 11.4. The smallest absolute Gasteiger partial charge is 0.380 e. The van der Waals surface area contributed by atoms with Gasteiger partial charge in [-0.3, -0.25) is 0 Å². The average molecular weight is 681 g/mol. The highest BCUT2D eigenvalue weighted by molar-refractivity contribution is 8.08. The molecule has 248 valence electrons. The first-order valence-electron chi connectivity index (χ1n) is 14.7. The van der Waals surface area contributed by atoms with Gasteiger partial charge in [-0.2, -0.15) is 26.3 Å². The first-order valence-corrected chi connectivity index (χ1v) is 16.6. The number of benzene rings is 2. The maximum absolute atomic E-state index is 15.7. The minimum atomic E-state index is -5.70. The highest BCUT2D eigenvalue weighted by atomic mass is 32.2. The molecule has 1 heterocycles. The summed E-state index contributed by atoms with van der Waals surface area (Å²) in [6, 6.07) is 12.9. The molecule has 1 aliphatic carbocycles. The minimum absolute atomic E-state index is 0.271. The zero-order valence-electron chi connectivity index (χ0n) is 26.6. The summed E-state index contributed by atoms with van der Waals surface area (Å²) in [4.78, 5) is 0.813. The largest absolute Gasteiger partial charge is 0.381 e. The third-order valence-corrected chi connectivity index (χ3v) is 9.27. The van der Waals surface area contributed by atoms with Crippen LogP contribution in [0.4, 0.5) is 26.3 Å². The van der Waals surface area contributed by atoms with E-state index < -0.39 is 45.5 Å². The van der Waals surface area contributed by atoms with E-state index in [9.17, 15) is 0 Å². The monoisotopic (exact) mass is 680 g/mol. The molecule has 2 aliphatic rings. The molecule has 0 bridgehead atoms. The van der Waals surface area contributed by atoms with E-state index in [1.165, 1.54) is 44.2 Å². The number of thioether (sulfide) groups is 2. The zero-order chi connectivity index (χ0) is 34.3. The van der Waals surface area contributed by atoms with Crippen molar-refractivity contribution in [2.24, 2.45) is 0 Å². The number of allylic oxidation sites excluding steroid dienone is 9. The molecule has 0 spiro atoms. The molecular formula is C36H38F6O2S2. The molecule has 0 N–H and O–H groups in total. The van der Waals surface area contributed by atoms with E-state index in [1.54, 1.807) is 31.2 Å². The maximum Gasteiger partial charge on any atom is 0.380 e. The topological polar surface area (TPSA) is 18.5 Å². The summed E-state index contributed by atoms with van der Waals surface area (Å²) in [7, 11) is 2.83. The van der Waals surface area contributed by atoms with Gasteiger partial charge in [-0.15, -0.1) is 11.8 Å². The number of hydrogen-bond acceptors (Lipinski definition) is 4. The SMILES string of the molecule is C=C(/C=C(SCC)/C(/C=C\COC)=C/C)C1=C(C2=CC(OC)SC(c3ccc4ccccc4c3)=C2)C(F)(F)C(F)(F)C1(F)F.CC. The number of fused-ring (bicyclic) bond motifs is 1. The van der Waals surface area contributed by atoms with E-state index in [2.05, 4.69) is 6.58 Å². The van der Waals surface area contributed by atoms with Crippen molar-refractivity contribution in [3.8, 4) is 0 Å². The van der Waals surface area contributed by atoms with Crippen LogP contribution >= 0.6 is 23.5 Å². The lowest BCUT2D eigenvalue weighted by atomic mass is 9.93. The van der Waals surface area contributed by atoms with Crippen LogP contribution in [0.25, 0.3) is 15.7 Å². The molecule has 1 atom stereocenters. The average Bonchev–Trinajstić information content (AvgIpc) is 3.16. The minimum Gasteiger partial charge on any atom is -0.381 e. The Hall–Kier alpha value is -2.92. The van der Waals surface area contributed by atoms with Crippen molar-refractivity contribution in [3.63, 3.8) is 0 Å². The molecule has 2 nitrogen and oxygen atoms in total. The number of ether oxygens (including phenoxy) is 2. The van der Waals surface area contributed by atoms with Crippen LogP contribution < -0.4 is 0 Å². The van der Waals surface area contributed by atoms with Gasteiger partial charge in [-0.05, 0) is 70.0 Å². The number of methoxy groups -OCH3 is 2. The van der Waals surface area contributed by atoms with Crippen LogP contribution in [0.3, 0.4) is 0 Å². The van der Waals surface area contributed by atoms with E-state index in [-0.39, 0.29) is 6.61 Å². The summed E-state index contributed by atoms with van der Waals surface area (Å²) in [5.41, 5.74) is -3.80. The first-order chi connectivity index (χ1) is 21.8. The molecule has 0 radical (unpaired) electrons. The van der Waals surface area contributed by atoms with Gasteiger partial charge < -0.3 is 9.47 Å². The van der Waals surface area contributed by atoms with Crippen LogP contribution in [0.15, 0.2) is 118 Å².